The normalized spacial score (nSPS) is 28.5. The van der Waals surface area contributed by atoms with Gasteiger partial charge in [-0.3, -0.25) is 0 Å². The first-order valence-electron chi connectivity index (χ1n) is 13.1. The van der Waals surface area contributed by atoms with E-state index in [0.29, 0.717) is 6.17 Å². The van der Waals surface area contributed by atoms with Crippen molar-refractivity contribution in [1.29, 1.82) is 0 Å². The summed E-state index contributed by atoms with van der Waals surface area (Å²) in [5.74, 6) is 1.47. The molecule has 2 nitrogen and oxygen atoms in total. The highest BCUT2D eigenvalue weighted by Crippen LogP contribution is 2.60. The molecule has 0 aromatic heterocycles. The number of aryl methyl sites for hydroxylation is 1. The number of fused-ring (bicyclic) bond motifs is 3. The SMILES string of the molecule is CC1=C2c3ccccc3C(C)(C3CCCC3)N2C(C2CCCCC2)N1c1ccccc1C. The fourth-order valence-corrected chi connectivity index (χ4v) is 7.74. The fourth-order valence-electron chi connectivity index (χ4n) is 7.74. The molecule has 2 heterocycles. The van der Waals surface area contributed by atoms with Crippen molar-refractivity contribution >= 4 is 11.4 Å². The van der Waals surface area contributed by atoms with Gasteiger partial charge in [-0.15, -0.1) is 0 Å². The van der Waals surface area contributed by atoms with Crippen LogP contribution in [0.1, 0.15) is 88.3 Å². The first-order chi connectivity index (χ1) is 15.6. The van der Waals surface area contributed by atoms with Gasteiger partial charge in [-0.05, 0) is 75.5 Å². The number of nitrogens with zero attached hydrogens (tertiary/aromatic N) is 2. The minimum Gasteiger partial charge on any atom is -0.339 e. The number of benzene rings is 2. The molecule has 2 aromatic carbocycles. The Morgan fingerprint density at radius 1 is 0.781 bits per heavy atom. The van der Waals surface area contributed by atoms with Crippen molar-refractivity contribution < 1.29 is 0 Å². The Labute approximate surface area is 194 Å². The molecular weight excluding hydrogens is 388 g/mol. The number of hydrogen-bond acceptors (Lipinski definition) is 2. The first kappa shape index (κ1) is 20.4. The number of hydrogen-bond donors (Lipinski definition) is 0. The zero-order valence-corrected chi connectivity index (χ0v) is 20.1. The van der Waals surface area contributed by atoms with E-state index in [-0.39, 0.29) is 5.54 Å². The summed E-state index contributed by atoms with van der Waals surface area (Å²) < 4.78 is 0. The van der Waals surface area contributed by atoms with E-state index in [4.69, 9.17) is 0 Å². The molecule has 2 aliphatic heterocycles. The van der Waals surface area contributed by atoms with Gasteiger partial charge in [-0.25, -0.2) is 0 Å². The first-order valence-corrected chi connectivity index (χ1v) is 13.1. The van der Waals surface area contributed by atoms with E-state index < -0.39 is 0 Å². The van der Waals surface area contributed by atoms with Crippen LogP contribution in [0, 0.1) is 18.8 Å². The van der Waals surface area contributed by atoms with Crippen LogP contribution in [0.4, 0.5) is 5.69 Å². The predicted octanol–water partition coefficient (Wildman–Crippen LogP) is 7.83. The van der Waals surface area contributed by atoms with E-state index in [1.807, 2.05) is 0 Å². The summed E-state index contributed by atoms with van der Waals surface area (Å²) in [5.41, 5.74) is 8.98. The summed E-state index contributed by atoms with van der Waals surface area (Å²) >= 11 is 0. The lowest BCUT2D eigenvalue weighted by Gasteiger charge is -2.50. The predicted molar refractivity (Wildman–Crippen MR) is 134 cm³/mol. The van der Waals surface area contributed by atoms with Crippen LogP contribution in [-0.4, -0.2) is 11.1 Å². The Hall–Kier alpha value is -2.22. The van der Waals surface area contributed by atoms with Crippen LogP contribution in [0.2, 0.25) is 0 Å². The van der Waals surface area contributed by atoms with Crippen LogP contribution in [0.5, 0.6) is 0 Å². The molecule has 2 saturated carbocycles. The standard InChI is InChI=1S/C30H38N2/c1-21-13-7-12-20-27(21)31-22(2)28-25-18-10-11-19-26(25)30(3,24-16-8-9-17-24)32(28)29(31)23-14-5-4-6-15-23/h7,10-13,18-20,23-24,29H,4-6,8-9,14-17H2,1-3H3. The molecule has 0 amide bonds. The highest BCUT2D eigenvalue weighted by atomic mass is 15.5. The second kappa shape index (κ2) is 7.68. The van der Waals surface area contributed by atoms with Gasteiger partial charge < -0.3 is 9.80 Å². The Balaban J connectivity index is 1.58. The largest absolute Gasteiger partial charge is 0.339 e. The van der Waals surface area contributed by atoms with Gasteiger partial charge in [0, 0.05) is 16.9 Å². The Bertz CT molecular complexity index is 1040. The summed E-state index contributed by atoms with van der Waals surface area (Å²) in [6.07, 6.45) is 12.9. The minimum absolute atomic E-state index is 0.100. The van der Waals surface area contributed by atoms with E-state index >= 15 is 0 Å². The molecule has 2 unspecified atom stereocenters. The molecule has 0 spiro atoms. The molecular formula is C30H38N2. The summed E-state index contributed by atoms with van der Waals surface area (Å²) in [6, 6.07) is 18.4. The average Bonchev–Trinajstić information content (AvgIpc) is 3.52. The molecule has 2 aliphatic carbocycles. The zero-order chi connectivity index (χ0) is 21.9. The van der Waals surface area contributed by atoms with E-state index in [1.54, 1.807) is 5.56 Å². The highest BCUT2D eigenvalue weighted by Gasteiger charge is 2.57. The van der Waals surface area contributed by atoms with E-state index in [9.17, 15) is 0 Å². The fraction of sp³-hybridized carbons (Fsp3) is 0.533. The van der Waals surface area contributed by atoms with E-state index in [0.717, 1.165) is 11.8 Å². The Morgan fingerprint density at radius 2 is 1.44 bits per heavy atom. The summed E-state index contributed by atoms with van der Waals surface area (Å²) in [7, 11) is 0. The molecule has 168 valence electrons. The molecule has 0 bridgehead atoms. The van der Waals surface area contributed by atoms with E-state index in [1.165, 1.54) is 86.0 Å². The molecule has 0 N–H and O–H groups in total. The monoisotopic (exact) mass is 426 g/mol. The smallest absolute Gasteiger partial charge is 0.110 e. The molecule has 2 aromatic rings. The second-order valence-electron chi connectivity index (χ2n) is 10.9. The molecule has 32 heavy (non-hydrogen) atoms. The number of para-hydroxylation sites is 1. The maximum atomic E-state index is 2.95. The van der Waals surface area contributed by atoms with Crippen LogP contribution in [-0.2, 0) is 5.54 Å². The summed E-state index contributed by atoms with van der Waals surface area (Å²) in [5, 5.41) is 0. The van der Waals surface area contributed by atoms with Gasteiger partial charge in [0.05, 0.1) is 11.2 Å². The lowest BCUT2D eigenvalue weighted by molar-refractivity contribution is 0.0507. The van der Waals surface area contributed by atoms with Crippen molar-refractivity contribution in [3.63, 3.8) is 0 Å². The van der Waals surface area contributed by atoms with Crippen molar-refractivity contribution in [3.05, 3.63) is 70.9 Å². The van der Waals surface area contributed by atoms with Gasteiger partial charge >= 0.3 is 0 Å². The maximum Gasteiger partial charge on any atom is 0.110 e. The molecule has 6 rings (SSSR count). The highest BCUT2D eigenvalue weighted by molar-refractivity contribution is 5.83. The van der Waals surface area contributed by atoms with E-state index in [2.05, 4.69) is 79.1 Å². The number of allylic oxidation sites excluding steroid dienone is 1. The third-order valence-corrected chi connectivity index (χ3v) is 9.30. The van der Waals surface area contributed by atoms with Gasteiger partial charge in [-0.1, -0.05) is 74.6 Å². The lowest BCUT2D eigenvalue weighted by atomic mass is 9.76. The third-order valence-electron chi connectivity index (χ3n) is 9.30. The minimum atomic E-state index is 0.100. The Morgan fingerprint density at radius 3 is 2.19 bits per heavy atom. The van der Waals surface area contributed by atoms with Gasteiger partial charge in [0.15, 0.2) is 0 Å². The van der Waals surface area contributed by atoms with Gasteiger partial charge in [0.1, 0.15) is 6.17 Å². The van der Waals surface area contributed by atoms with Crippen molar-refractivity contribution in [3.8, 4) is 0 Å². The molecule has 2 atom stereocenters. The van der Waals surface area contributed by atoms with Gasteiger partial charge in [0.2, 0.25) is 0 Å². The van der Waals surface area contributed by atoms with Crippen LogP contribution in [0.15, 0.2) is 54.2 Å². The summed E-state index contributed by atoms with van der Waals surface area (Å²) in [6.45, 7) is 7.28. The van der Waals surface area contributed by atoms with Crippen molar-refractivity contribution in [1.82, 2.24) is 4.90 Å². The van der Waals surface area contributed by atoms with Crippen molar-refractivity contribution in [2.24, 2.45) is 11.8 Å². The number of rotatable bonds is 3. The molecule has 2 fully saturated rings. The van der Waals surface area contributed by atoms with Crippen LogP contribution in [0.3, 0.4) is 0 Å². The van der Waals surface area contributed by atoms with Gasteiger partial charge in [-0.2, -0.15) is 0 Å². The maximum absolute atomic E-state index is 2.95. The molecule has 0 saturated heterocycles. The van der Waals surface area contributed by atoms with Crippen molar-refractivity contribution in [2.75, 3.05) is 4.90 Å². The van der Waals surface area contributed by atoms with Crippen LogP contribution >= 0.6 is 0 Å². The lowest BCUT2D eigenvalue weighted by Crippen LogP contribution is -2.54. The number of anilines is 1. The molecule has 2 heteroatoms. The topological polar surface area (TPSA) is 6.48 Å². The zero-order valence-electron chi connectivity index (χ0n) is 20.1. The third kappa shape index (κ3) is 2.77. The second-order valence-corrected chi connectivity index (χ2v) is 10.9. The van der Waals surface area contributed by atoms with Crippen LogP contribution in [0.25, 0.3) is 5.70 Å². The van der Waals surface area contributed by atoms with Crippen LogP contribution < -0.4 is 4.90 Å². The molecule has 4 aliphatic rings. The quantitative estimate of drug-likeness (QED) is 0.493. The van der Waals surface area contributed by atoms with Crippen molar-refractivity contribution in [2.45, 2.75) is 90.3 Å². The Kier molecular flexibility index (Phi) is 4.89. The van der Waals surface area contributed by atoms with Gasteiger partial charge in [0.25, 0.3) is 0 Å². The molecule has 0 radical (unpaired) electrons. The summed E-state index contributed by atoms with van der Waals surface area (Å²) in [4.78, 5) is 5.70. The average molecular weight is 427 g/mol.